The molecule has 25 heavy (non-hydrogen) atoms. The summed E-state index contributed by atoms with van der Waals surface area (Å²) >= 11 is 0. The number of hydrogen-bond donors (Lipinski definition) is 2. The number of nitrogens with one attached hydrogen (secondary N) is 2. The molecule has 8 heteroatoms. The standard InChI is InChI=1S/C17H27N3O3S.HI/c1-18-17(20-16-9-12-24(21,22)14-16)19-10-5-6-11-23-13-15-7-3-2-4-8-15;/h2-4,7-8,16H,5-6,9-14H2,1H3,(H2,18,19,20);1H. The van der Waals surface area contributed by atoms with Gasteiger partial charge in [-0.3, -0.25) is 4.99 Å². The summed E-state index contributed by atoms with van der Waals surface area (Å²) in [7, 11) is -1.17. The summed E-state index contributed by atoms with van der Waals surface area (Å²) in [5.41, 5.74) is 1.19. The van der Waals surface area contributed by atoms with E-state index in [4.69, 9.17) is 4.74 Å². The Kier molecular flexibility index (Phi) is 10.4. The van der Waals surface area contributed by atoms with Crippen molar-refractivity contribution in [2.45, 2.75) is 31.9 Å². The lowest BCUT2D eigenvalue weighted by Crippen LogP contribution is -2.44. The summed E-state index contributed by atoms with van der Waals surface area (Å²) in [6, 6.07) is 10.1. The van der Waals surface area contributed by atoms with Crippen molar-refractivity contribution in [2.24, 2.45) is 4.99 Å². The maximum absolute atomic E-state index is 11.5. The first kappa shape index (κ1) is 22.2. The first-order valence-electron chi connectivity index (χ1n) is 8.38. The maximum Gasteiger partial charge on any atom is 0.191 e. The van der Waals surface area contributed by atoms with Crippen LogP contribution in [0.15, 0.2) is 35.3 Å². The predicted octanol–water partition coefficient (Wildman–Crippen LogP) is 1.95. The smallest absolute Gasteiger partial charge is 0.191 e. The van der Waals surface area contributed by atoms with E-state index in [0.29, 0.717) is 19.0 Å². The van der Waals surface area contributed by atoms with Gasteiger partial charge in [0.2, 0.25) is 0 Å². The Morgan fingerprint density at radius 1 is 1.28 bits per heavy atom. The van der Waals surface area contributed by atoms with E-state index in [2.05, 4.69) is 27.8 Å². The lowest BCUT2D eigenvalue weighted by atomic mass is 10.2. The first-order chi connectivity index (χ1) is 11.6. The molecule has 0 spiro atoms. The molecule has 2 rings (SSSR count). The minimum Gasteiger partial charge on any atom is -0.377 e. The summed E-state index contributed by atoms with van der Waals surface area (Å²) in [4.78, 5) is 4.14. The zero-order valence-electron chi connectivity index (χ0n) is 14.6. The van der Waals surface area contributed by atoms with Gasteiger partial charge in [0, 0.05) is 26.2 Å². The maximum atomic E-state index is 11.5. The monoisotopic (exact) mass is 481 g/mol. The number of sulfone groups is 1. The van der Waals surface area contributed by atoms with Crippen LogP contribution in [0.2, 0.25) is 0 Å². The number of hydrogen-bond acceptors (Lipinski definition) is 4. The van der Waals surface area contributed by atoms with Crippen molar-refractivity contribution in [1.82, 2.24) is 10.6 Å². The Balaban J connectivity index is 0.00000312. The third-order valence-electron chi connectivity index (χ3n) is 3.92. The van der Waals surface area contributed by atoms with Crippen LogP contribution in [0.3, 0.4) is 0 Å². The number of ether oxygens (including phenoxy) is 1. The van der Waals surface area contributed by atoms with Gasteiger partial charge in [0.05, 0.1) is 18.1 Å². The van der Waals surface area contributed by atoms with Crippen molar-refractivity contribution in [3.63, 3.8) is 0 Å². The summed E-state index contributed by atoms with van der Waals surface area (Å²) in [6.45, 7) is 2.16. The number of unbranched alkanes of at least 4 members (excludes halogenated alkanes) is 1. The molecule has 0 amide bonds. The molecule has 1 fully saturated rings. The van der Waals surface area contributed by atoms with Gasteiger partial charge < -0.3 is 15.4 Å². The zero-order valence-corrected chi connectivity index (χ0v) is 17.8. The van der Waals surface area contributed by atoms with Gasteiger partial charge in [-0.05, 0) is 24.8 Å². The molecule has 1 aliphatic rings. The highest BCUT2D eigenvalue weighted by molar-refractivity contribution is 14.0. The van der Waals surface area contributed by atoms with Gasteiger partial charge in [-0.15, -0.1) is 24.0 Å². The number of aliphatic imine (C=N–C) groups is 1. The second-order valence-corrected chi connectivity index (χ2v) is 8.22. The molecule has 1 saturated heterocycles. The third kappa shape index (κ3) is 8.87. The summed E-state index contributed by atoms with van der Waals surface area (Å²) in [5.74, 6) is 1.13. The Morgan fingerprint density at radius 3 is 2.68 bits per heavy atom. The van der Waals surface area contributed by atoms with Crippen molar-refractivity contribution in [2.75, 3.05) is 31.7 Å². The average Bonchev–Trinajstić information content (AvgIpc) is 2.92. The fourth-order valence-electron chi connectivity index (χ4n) is 2.60. The highest BCUT2D eigenvalue weighted by atomic mass is 127. The Morgan fingerprint density at radius 2 is 2.04 bits per heavy atom. The molecule has 0 aromatic heterocycles. The van der Waals surface area contributed by atoms with Crippen LogP contribution in [0, 0.1) is 0 Å². The van der Waals surface area contributed by atoms with Crippen molar-refractivity contribution >= 4 is 39.8 Å². The van der Waals surface area contributed by atoms with Crippen LogP contribution in [0.1, 0.15) is 24.8 Å². The molecule has 1 atom stereocenters. The number of benzene rings is 1. The molecule has 142 valence electrons. The predicted molar refractivity (Wildman–Crippen MR) is 112 cm³/mol. The summed E-state index contributed by atoms with van der Waals surface area (Å²) in [5, 5.41) is 6.39. The lowest BCUT2D eigenvalue weighted by molar-refractivity contribution is 0.117. The molecule has 0 saturated carbocycles. The second kappa shape index (κ2) is 11.7. The van der Waals surface area contributed by atoms with Crippen molar-refractivity contribution in [3.05, 3.63) is 35.9 Å². The highest BCUT2D eigenvalue weighted by Gasteiger charge is 2.28. The van der Waals surface area contributed by atoms with E-state index in [9.17, 15) is 8.42 Å². The van der Waals surface area contributed by atoms with E-state index >= 15 is 0 Å². The van der Waals surface area contributed by atoms with E-state index in [0.717, 1.165) is 26.0 Å². The largest absolute Gasteiger partial charge is 0.377 e. The molecule has 6 nitrogen and oxygen atoms in total. The zero-order chi connectivity index (χ0) is 17.3. The number of halogens is 1. The van der Waals surface area contributed by atoms with Gasteiger partial charge in [-0.2, -0.15) is 0 Å². The van der Waals surface area contributed by atoms with E-state index in [1.165, 1.54) is 5.56 Å². The van der Waals surface area contributed by atoms with Crippen LogP contribution < -0.4 is 10.6 Å². The van der Waals surface area contributed by atoms with E-state index in [-0.39, 0.29) is 41.5 Å². The molecule has 0 bridgehead atoms. The Hall–Kier alpha value is -0.870. The summed E-state index contributed by atoms with van der Waals surface area (Å²) in [6.07, 6.45) is 2.59. The van der Waals surface area contributed by atoms with Gasteiger partial charge in [0.15, 0.2) is 15.8 Å². The van der Waals surface area contributed by atoms with Crippen LogP contribution >= 0.6 is 24.0 Å². The topological polar surface area (TPSA) is 79.8 Å². The quantitative estimate of drug-likeness (QED) is 0.257. The van der Waals surface area contributed by atoms with Gasteiger partial charge in [0.25, 0.3) is 0 Å². The van der Waals surface area contributed by atoms with E-state index in [1.54, 1.807) is 7.05 Å². The van der Waals surface area contributed by atoms with Gasteiger partial charge in [0.1, 0.15) is 0 Å². The fourth-order valence-corrected chi connectivity index (χ4v) is 4.27. The first-order valence-corrected chi connectivity index (χ1v) is 10.2. The SMILES string of the molecule is CN=C(NCCCCOCc1ccccc1)NC1CCS(=O)(=O)C1.I. The van der Waals surface area contributed by atoms with Crippen molar-refractivity contribution < 1.29 is 13.2 Å². The van der Waals surface area contributed by atoms with E-state index < -0.39 is 9.84 Å². The average molecular weight is 481 g/mol. The molecular formula is C17H28IN3O3S. The van der Waals surface area contributed by atoms with Crippen molar-refractivity contribution in [1.29, 1.82) is 0 Å². The number of guanidine groups is 1. The number of nitrogens with zero attached hydrogens (tertiary/aromatic N) is 1. The molecule has 1 aromatic carbocycles. The molecular weight excluding hydrogens is 453 g/mol. The number of rotatable bonds is 8. The van der Waals surface area contributed by atoms with Crippen LogP contribution in [0.4, 0.5) is 0 Å². The van der Waals surface area contributed by atoms with Gasteiger partial charge >= 0.3 is 0 Å². The van der Waals surface area contributed by atoms with Gasteiger partial charge in [-0.25, -0.2) is 8.42 Å². The summed E-state index contributed by atoms with van der Waals surface area (Å²) < 4.78 is 28.6. The molecule has 2 N–H and O–H groups in total. The van der Waals surface area contributed by atoms with Crippen molar-refractivity contribution in [3.8, 4) is 0 Å². The molecule has 1 aliphatic heterocycles. The minimum atomic E-state index is -2.87. The molecule has 1 unspecified atom stereocenters. The molecule has 0 radical (unpaired) electrons. The highest BCUT2D eigenvalue weighted by Crippen LogP contribution is 2.10. The third-order valence-corrected chi connectivity index (χ3v) is 5.68. The van der Waals surface area contributed by atoms with Crippen LogP contribution in [0.5, 0.6) is 0 Å². The Labute approximate surface area is 167 Å². The van der Waals surface area contributed by atoms with Gasteiger partial charge in [-0.1, -0.05) is 30.3 Å². The van der Waals surface area contributed by atoms with Crippen LogP contribution in [-0.2, 0) is 21.2 Å². The van der Waals surface area contributed by atoms with Crippen LogP contribution in [0.25, 0.3) is 0 Å². The second-order valence-electron chi connectivity index (χ2n) is 5.99. The minimum absolute atomic E-state index is 0. The van der Waals surface area contributed by atoms with Crippen LogP contribution in [-0.4, -0.2) is 52.1 Å². The Bertz CT molecular complexity index is 623. The fraction of sp³-hybridized carbons (Fsp3) is 0.588. The molecule has 1 aromatic rings. The normalized spacial score (nSPS) is 19.2. The molecule has 0 aliphatic carbocycles. The van der Waals surface area contributed by atoms with E-state index in [1.807, 2.05) is 18.2 Å². The molecule has 1 heterocycles. The lowest BCUT2D eigenvalue weighted by Gasteiger charge is -2.16.